The fraction of sp³-hybridized carbons (Fsp3) is 0.840. The lowest BCUT2D eigenvalue weighted by atomic mass is 9.47. The first-order valence-corrected chi connectivity index (χ1v) is 11.7. The number of rotatable bonds is 5. The lowest BCUT2D eigenvalue weighted by Gasteiger charge is -2.58. The fourth-order valence-corrected chi connectivity index (χ4v) is 8.10. The van der Waals surface area contributed by atoms with Crippen LogP contribution in [0.2, 0.25) is 0 Å². The van der Waals surface area contributed by atoms with Crippen molar-refractivity contribution >= 4 is 12.4 Å². The zero-order chi connectivity index (χ0) is 20.8. The topological polar surface area (TPSA) is 52.6 Å². The van der Waals surface area contributed by atoms with Crippen molar-refractivity contribution in [3.05, 3.63) is 11.6 Å². The molecule has 0 amide bonds. The van der Waals surface area contributed by atoms with Gasteiger partial charge >= 0.3 is 5.97 Å². The van der Waals surface area contributed by atoms with Crippen LogP contribution in [0.15, 0.2) is 11.6 Å². The Hall–Kier alpha value is -1.32. The summed E-state index contributed by atoms with van der Waals surface area (Å²) in [5, 5.41) is 0. The number of carbonyl (C=O) groups excluding carboxylic acids is 2. The highest BCUT2D eigenvalue weighted by Crippen LogP contribution is 2.66. The lowest BCUT2D eigenvalue weighted by Crippen LogP contribution is -2.50. The standard InChI is InChI=1S/C25H38O4/c1-16(14-28-15-26)21-7-8-22-20-6-5-18-13-19(29-17(2)27)9-11-24(18,3)23(20)10-12-25(21,22)4/h6,15-16,18-19,21-23H,5,7-14H2,1-4H3/t16-,18?,19+,21?,22?,23?,24+,25-/m1/s1. The fourth-order valence-electron chi connectivity index (χ4n) is 8.10. The van der Waals surface area contributed by atoms with Gasteiger partial charge in [-0.05, 0) is 91.8 Å². The molecule has 0 saturated heterocycles. The first kappa shape index (κ1) is 20.9. The Morgan fingerprint density at radius 2 is 1.90 bits per heavy atom. The van der Waals surface area contributed by atoms with E-state index in [2.05, 4.69) is 26.8 Å². The Morgan fingerprint density at radius 3 is 2.62 bits per heavy atom. The van der Waals surface area contributed by atoms with Crippen molar-refractivity contribution in [1.82, 2.24) is 0 Å². The van der Waals surface area contributed by atoms with Crippen LogP contribution in [0.1, 0.15) is 79.1 Å². The van der Waals surface area contributed by atoms with E-state index in [0.717, 1.165) is 19.3 Å². The molecule has 4 aliphatic rings. The molecule has 0 aliphatic heterocycles. The summed E-state index contributed by atoms with van der Waals surface area (Å²) in [6.07, 6.45) is 12.2. The number of esters is 1. The van der Waals surface area contributed by atoms with Crippen LogP contribution in [0.4, 0.5) is 0 Å². The highest BCUT2D eigenvalue weighted by Gasteiger charge is 2.58. The Kier molecular flexibility index (Phi) is 5.59. The average Bonchev–Trinajstić information content (AvgIpc) is 3.03. The van der Waals surface area contributed by atoms with Crippen LogP contribution in [0, 0.1) is 40.4 Å². The lowest BCUT2D eigenvalue weighted by molar-refractivity contribution is -0.152. The third kappa shape index (κ3) is 3.45. The van der Waals surface area contributed by atoms with Gasteiger partial charge in [-0.15, -0.1) is 0 Å². The van der Waals surface area contributed by atoms with Crippen molar-refractivity contribution < 1.29 is 19.1 Å². The molecule has 4 unspecified atom stereocenters. The summed E-state index contributed by atoms with van der Waals surface area (Å²) in [5.74, 6) is 2.95. The Bertz CT molecular complexity index is 684. The van der Waals surface area contributed by atoms with E-state index in [1.165, 1.54) is 39.0 Å². The van der Waals surface area contributed by atoms with E-state index in [9.17, 15) is 9.59 Å². The molecule has 0 heterocycles. The second kappa shape index (κ2) is 7.74. The maximum Gasteiger partial charge on any atom is 0.302 e. The van der Waals surface area contributed by atoms with Gasteiger partial charge in [-0.3, -0.25) is 9.59 Å². The van der Waals surface area contributed by atoms with Gasteiger partial charge in [0, 0.05) is 6.92 Å². The molecule has 8 atom stereocenters. The normalized spacial score (nSPS) is 44.6. The van der Waals surface area contributed by atoms with Crippen molar-refractivity contribution in [3.63, 3.8) is 0 Å². The quantitative estimate of drug-likeness (QED) is 0.355. The molecule has 0 aromatic heterocycles. The van der Waals surface area contributed by atoms with Crippen molar-refractivity contribution in [2.45, 2.75) is 85.2 Å². The summed E-state index contributed by atoms with van der Waals surface area (Å²) in [4.78, 5) is 22.1. The molecule has 0 N–H and O–H groups in total. The maximum absolute atomic E-state index is 11.4. The second-order valence-electron chi connectivity index (χ2n) is 10.9. The summed E-state index contributed by atoms with van der Waals surface area (Å²) in [5.41, 5.74) is 2.44. The minimum atomic E-state index is -0.135. The summed E-state index contributed by atoms with van der Waals surface area (Å²) >= 11 is 0. The van der Waals surface area contributed by atoms with Gasteiger partial charge in [0.2, 0.25) is 0 Å². The first-order chi connectivity index (χ1) is 13.8. The molecule has 3 fully saturated rings. The summed E-state index contributed by atoms with van der Waals surface area (Å²) in [7, 11) is 0. The smallest absolute Gasteiger partial charge is 0.302 e. The molecule has 162 valence electrons. The Labute approximate surface area is 175 Å². The highest BCUT2D eigenvalue weighted by molar-refractivity contribution is 5.66. The first-order valence-electron chi connectivity index (χ1n) is 11.7. The van der Waals surface area contributed by atoms with E-state index in [1.54, 1.807) is 5.57 Å². The number of hydrogen-bond acceptors (Lipinski definition) is 4. The van der Waals surface area contributed by atoms with Crippen molar-refractivity contribution in [2.75, 3.05) is 6.61 Å². The minimum absolute atomic E-state index is 0.115. The number of fused-ring (bicyclic) bond motifs is 5. The zero-order valence-corrected chi connectivity index (χ0v) is 18.6. The van der Waals surface area contributed by atoms with Crippen LogP contribution in [-0.2, 0) is 19.1 Å². The van der Waals surface area contributed by atoms with Gasteiger partial charge in [0.05, 0.1) is 6.61 Å². The highest BCUT2D eigenvalue weighted by atomic mass is 16.5. The van der Waals surface area contributed by atoms with Gasteiger partial charge in [0.25, 0.3) is 6.47 Å². The van der Waals surface area contributed by atoms with Crippen molar-refractivity contribution in [1.29, 1.82) is 0 Å². The molecular formula is C25H38O4. The second-order valence-corrected chi connectivity index (χ2v) is 10.9. The number of ether oxygens (including phenoxy) is 2. The molecule has 29 heavy (non-hydrogen) atoms. The molecule has 4 heteroatoms. The Balaban J connectivity index is 1.53. The third-order valence-electron chi connectivity index (χ3n) is 9.55. The maximum atomic E-state index is 11.4. The molecule has 4 rings (SSSR count). The zero-order valence-electron chi connectivity index (χ0n) is 18.6. The summed E-state index contributed by atoms with van der Waals surface area (Å²) in [6.45, 7) is 9.98. The number of carbonyl (C=O) groups is 2. The number of hydrogen-bond donors (Lipinski definition) is 0. The van der Waals surface area contributed by atoms with Gasteiger partial charge in [0.15, 0.2) is 0 Å². The van der Waals surface area contributed by atoms with E-state index in [-0.39, 0.29) is 12.1 Å². The third-order valence-corrected chi connectivity index (χ3v) is 9.55. The largest absolute Gasteiger partial charge is 0.468 e. The van der Waals surface area contributed by atoms with Crippen LogP contribution in [-0.4, -0.2) is 25.2 Å². The van der Waals surface area contributed by atoms with Crippen molar-refractivity contribution in [3.8, 4) is 0 Å². The van der Waals surface area contributed by atoms with E-state index in [1.807, 2.05) is 0 Å². The monoisotopic (exact) mass is 402 g/mol. The van der Waals surface area contributed by atoms with E-state index < -0.39 is 0 Å². The van der Waals surface area contributed by atoms with E-state index >= 15 is 0 Å². The van der Waals surface area contributed by atoms with Gasteiger partial charge in [-0.2, -0.15) is 0 Å². The molecule has 3 saturated carbocycles. The molecule has 0 bridgehead atoms. The predicted octanol–water partition coefficient (Wildman–Crippen LogP) is 5.31. The van der Waals surface area contributed by atoms with Gasteiger partial charge < -0.3 is 9.47 Å². The molecule has 0 radical (unpaired) electrons. The van der Waals surface area contributed by atoms with Crippen LogP contribution < -0.4 is 0 Å². The van der Waals surface area contributed by atoms with Crippen LogP contribution in [0.5, 0.6) is 0 Å². The van der Waals surface area contributed by atoms with Gasteiger partial charge in [0.1, 0.15) is 6.10 Å². The van der Waals surface area contributed by atoms with Gasteiger partial charge in [-0.1, -0.05) is 32.4 Å². The average molecular weight is 403 g/mol. The SMILES string of the molecule is CC(=O)O[C@H]1CC[C@@]2(C)C(CC=C3C2CC[C@@]2(C)C3CCC2[C@H](C)COC=O)C1. The van der Waals surface area contributed by atoms with E-state index in [0.29, 0.717) is 53.5 Å². The Morgan fingerprint density at radius 1 is 1.17 bits per heavy atom. The van der Waals surface area contributed by atoms with Gasteiger partial charge in [-0.25, -0.2) is 0 Å². The molecule has 0 aromatic carbocycles. The summed E-state index contributed by atoms with van der Waals surface area (Å²) in [6, 6.07) is 0. The molecule has 0 spiro atoms. The molecule has 4 nitrogen and oxygen atoms in total. The number of allylic oxidation sites excluding steroid dienone is 2. The summed E-state index contributed by atoms with van der Waals surface area (Å²) < 4.78 is 10.7. The molecule has 0 aromatic rings. The predicted molar refractivity (Wildman–Crippen MR) is 112 cm³/mol. The molecular weight excluding hydrogens is 364 g/mol. The van der Waals surface area contributed by atoms with Crippen LogP contribution >= 0.6 is 0 Å². The van der Waals surface area contributed by atoms with Crippen LogP contribution in [0.25, 0.3) is 0 Å². The van der Waals surface area contributed by atoms with Crippen molar-refractivity contribution in [2.24, 2.45) is 40.4 Å². The molecule has 4 aliphatic carbocycles. The van der Waals surface area contributed by atoms with Crippen LogP contribution in [0.3, 0.4) is 0 Å². The van der Waals surface area contributed by atoms with E-state index in [4.69, 9.17) is 9.47 Å². The minimum Gasteiger partial charge on any atom is -0.468 e.